The number of aryl methyl sites for hydroxylation is 1. The van der Waals surface area contributed by atoms with E-state index in [9.17, 15) is 0 Å². The highest BCUT2D eigenvalue weighted by Crippen LogP contribution is 2.29. The third kappa shape index (κ3) is 3.97. The van der Waals surface area contributed by atoms with Crippen LogP contribution in [0.4, 0.5) is 0 Å². The van der Waals surface area contributed by atoms with E-state index in [0.717, 1.165) is 28.2 Å². The fourth-order valence-electron chi connectivity index (χ4n) is 4.82. The summed E-state index contributed by atoms with van der Waals surface area (Å²) in [6.45, 7) is 3.13. The second-order valence-electron chi connectivity index (χ2n) is 8.79. The molecule has 0 aliphatic carbocycles. The number of hydrogen-bond acceptors (Lipinski definition) is 3. The van der Waals surface area contributed by atoms with E-state index in [2.05, 4.69) is 123 Å². The number of nitrogens with zero attached hydrogens (tertiary/aromatic N) is 4. The first-order valence-electron chi connectivity index (χ1n) is 12.1. The zero-order chi connectivity index (χ0) is 24.5. The Morgan fingerprint density at radius 2 is 1.44 bits per heavy atom. The van der Waals surface area contributed by atoms with Gasteiger partial charge in [0.25, 0.3) is 0 Å². The lowest BCUT2D eigenvalue weighted by atomic mass is 10.0. The van der Waals surface area contributed by atoms with Crippen LogP contribution in [0.1, 0.15) is 12.5 Å². The molecule has 0 fully saturated rings. The molecule has 5 heteroatoms. The summed E-state index contributed by atoms with van der Waals surface area (Å²) in [6, 6.07) is 34.2. The summed E-state index contributed by atoms with van der Waals surface area (Å²) in [7, 11) is 2.04. The summed E-state index contributed by atoms with van der Waals surface area (Å²) in [4.78, 5) is 0.858. The van der Waals surface area contributed by atoms with Crippen LogP contribution < -0.4 is 4.80 Å². The van der Waals surface area contributed by atoms with Crippen LogP contribution in [-0.4, -0.2) is 15.3 Å². The van der Waals surface area contributed by atoms with E-state index in [1.807, 2.05) is 19.3 Å². The van der Waals surface area contributed by atoms with Crippen LogP contribution >= 0.6 is 11.3 Å². The molecule has 0 radical (unpaired) electrons. The van der Waals surface area contributed by atoms with Gasteiger partial charge in [-0.25, -0.2) is 0 Å². The molecule has 6 aromatic rings. The van der Waals surface area contributed by atoms with Gasteiger partial charge in [-0.1, -0.05) is 78.9 Å². The Balaban J connectivity index is 1.28. The molecule has 0 atom stereocenters. The average molecular weight is 487 g/mol. The normalized spacial score (nSPS) is 12.3. The van der Waals surface area contributed by atoms with Crippen LogP contribution in [0.3, 0.4) is 0 Å². The molecule has 0 saturated heterocycles. The van der Waals surface area contributed by atoms with E-state index in [0.29, 0.717) is 0 Å². The summed E-state index contributed by atoms with van der Waals surface area (Å²) in [5, 5.41) is 13.6. The molecule has 0 amide bonds. The second kappa shape index (κ2) is 9.44. The summed E-state index contributed by atoms with van der Waals surface area (Å²) < 4.78 is 4.45. The Morgan fingerprint density at radius 3 is 2.25 bits per heavy atom. The van der Waals surface area contributed by atoms with Crippen molar-refractivity contribution in [3.05, 3.63) is 113 Å². The average Bonchev–Trinajstić information content (AvgIpc) is 3.46. The van der Waals surface area contributed by atoms with E-state index in [1.165, 1.54) is 32.9 Å². The minimum atomic E-state index is 0.858. The first kappa shape index (κ1) is 22.3. The molecule has 2 aromatic heterocycles. The number of aromatic nitrogens is 2. The third-order valence-corrected chi connectivity index (χ3v) is 7.58. The van der Waals surface area contributed by atoms with Crippen LogP contribution in [0.25, 0.3) is 44.2 Å². The summed E-state index contributed by atoms with van der Waals surface area (Å²) in [6.07, 6.45) is 1.84. The Labute approximate surface area is 214 Å². The van der Waals surface area contributed by atoms with Crippen molar-refractivity contribution in [1.29, 1.82) is 0 Å². The lowest BCUT2D eigenvalue weighted by Gasteiger charge is -2.05. The SMILES string of the molecule is CCn1c2ccccc2c2cc(C=NN=c3scc(-c4ccc(-c5ccccc5)cc4)n3C)ccc21. The highest BCUT2D eigenvalue weighted by Gasteiger charge is 2.09. The molecule has 4 nitrogen and oxygen atoms in total. The van der Waals surface area contributed by atoms with Gasteiger partial charge < -0.3 is 9.13 Å². The zero-order valence-corrected chi connectivity index (χ0v) is 21.1. The van der Waals surface area contributed by atoms with Crippen LogP contribution in [0.15, 0.2) is 113 Å². The third-order valence-electron chi connectivity index (χ3n) is 6.67. The van der Waals surface area contributed by atoms with Crippen LogP contribution in [0.5, 0.6) is 0 Å². The molecule has 0 spiro atoms. The molecule has 4 aromatic carbocycles. The summed E-state index contributed by atoms with van der Waals surface area (Å²) in [5.41, 5.74) is 8.29. The molecule has 176 valence electrons. The summed E-state index contributed by atoms with van der Waals surface area (Å²) in [5.74, 6) is 0. The Hall–Kier alpha value is -4.22. The molecule has 0 unspecified atom stereocenters. The summed E-state index contributed by atoms with van der Waals surface area (Å²) >= 11 is 1.60. The first-order valence-corrected chi connectivity index (χ1v) is 13.0. The lowest BCUT2D eigenvalue weighted by molar-refractivity contribution is 0.827. The lowest BCUT2D eigenvalue weighted by Crippen LogP contribution is -2.10. The van der Waals surface area contributed by atoms with Crippen molar-refractivity contribution in [3.63, 3.8) is 0 Å². The van der Waals surface area contributed by atoms with E-state index in [4.69, 9.17) is 0 Å². The van der Waals surface area contributed by atoms with Gasteiger partial charge in [-0.2, -0.15) is 5.10 Å². The van der Waals surface area contributed by atoms with Gasteiger partial charge in [0.05, 0.1) is 11.9 Å². The molecule has 0 bridgehead atoms. The van der Waals surface area contributed by atoms with Crippen LogP contribution in [0.2, 0.25) is 0 Å². The topological polar surface area (TPSA) is 34.6 Å². The maximum absolute atomic E-state index is 4.52. The number of benzene rings is 4. The molecule has 0 saturated carbocycles. The molecule has 0 aliphatic rings. The predicted molar refractivity (Wildman–Crippen MR) is 152 cm³/mol. The Morgan fingerprint density at radius 1 is 0.750 bits per heavy atom. The molecule has 0 aliphatic heterocycles. The molecular weight excluding hydrogens is 460 g/mol. The van der Waals surface area contributed by atoms with Gasteiger partial charge in [-0.05, 0) is 47.4 Å². The minimum absolute atomic E-state index is 0.858. The van der Waals surface area contributed by atoms with Crippen molar-refractivity contribution in [2.75, 3.05) is 0 Å². The molecule has 0 N–H and O–H groups in total. The van der Waals surface area contributed by atoms with Crippen molar-refractivity contribution < 1.29 is 0 Å². The number of para-hydroxylation sites is 1. The highest BCUT2D eigenvalue weighted by molar-refractivity contribution is 7.07. The van der Waals surface area contributed by atoms with Gasteiger partial charge in [-0.3, -0.25) is 0 Å². The quantitative estimate of drug-likeness (QED) is 0.179. The highest BCUT2D eigenvalue weighted by atomic mass is 32.1. The fraction of sp³-hybridized carbons (Fsp3) is 0.0968. The molecule has 6 rings (SSSR count). The van der Waals surface area contributed by atoms with E-state index < -0.39 is 0 Å². The number of thiazole rings is 1. The van der Waals surface area contributed by atoms with Gasteiger partial charge in [0.15, 0.2) is 0 Å². The zero-order valence-electron chi connectivity index (χ0n) is 20.3. The van der Waals surface area contributed by atoms with Crippen molar-refractivity contribution in [1.82, 2.24) is 9.13 Å². The van der Waals surface area contributed by atoms with Crippen molar-refractivity contribution in [2.45, 2.75) is 13.5 Å². The molecular formula is C31H26N4S. The van der Waals surface area contributed by atoms with E-state index >= 15 is 0 Å². The fourth-order valence-corrected chi connectivity index (χ4v) is 5.69. The maximum atomic E-state index is 4.52. The number of fused-ring (bicyclic) bond motifs is 3. The largest absolute Gasteiger partial charge is 0.341 e. The Bertz CT molecular complexity index is 1770. The maximum Gasteiger partial charge on any atom is 0.210 e. The van der Waals surface area contributed by atoms with Gasteiger partial charge in [0.1, 0.15) is 0 Å². The van der Waals surface area contributed by atoms with Crippen molar-refractivity contribution in [2.24, 2.45) is 17.3 Å². The van der Waals surface area contributed by atoms with Gasteiger partial charge in [0.2, 0.25) is 4.80 Å². The smallest absolute Gasteiger partial charge is 0.210 e. The monoisotopic (exact) mass is 486 g/mol. The Kier molecular flexibility index (Phi) is 5.84. The number of rotatable bonds is 5. The van der Waals surface area contributed by atoms with Crippen molar-refractivity contribution in [3.8, 4) is 22.4 Å². The van der Waals surface area contributed by atoms with E-state index in [-0.39, 0.29) is 0 Å². The van der Waals surface area contributed by atoms with Gasteiger partial charge >= 0.3 is 0 Å². The van der Waals surface area contributed by atoms with Gasteiger partial charge in [0, 0.05) is 40.8 Å². The van der Waals surface area contributed by atoms with E-state index in [1.54, 1.807) is 11.3 Å². The number of hydrogen-bond donors (Lipinski definition) is 0. The standard InChI is InChI=1S/C31H26N4S/c1-3-35-28-12-8-7-11-26(28)27-19-22(13-18-29(27)35)20-32-33-31-34(2)30(21-36-31)25-16-14-24(15-17-25)23-9-5-4-6-10-23/h4-21H,3H2,1-2H3. The first-order chi connectivity index (χ1) is 17.7. The molecule has 36 heavy (non-hydrogen) atoms. The second-order valence-corrected chi connectivity index (χ2v) is 9.63. The predicted octanol–water partition coefficient (Wildman–Crippen LogP) is 7.48. The minimum Gasteiger partial charge on any atom is -0.341 e. The van der Waals surface area contributed by atoms with Gasteiger partial charge in [-0.15, -0.1) is 16.4 Å². The van der Waals surface area contributed by atoms with Crippen molar-refractivity contribution >= 4 is 39.4 Å². The van der Waals surface area contributed by atoms with Crippen LogP contribution in [-0.2, 0) is 13.6 Å². The van der Waals surface area contributed by atoms with Crippen LogP contribution in [0, 0.1) is 0 Å². The molecule has 2 heterocycles.